The van der Waals surface area contributed by atoms with Gasteiger partial charge in [-0.15, -0.1) is 0 Å². The Kier molecular flexibility index (Phi) is 15.1. The molecule has 3 aromatic rings. The first-order valence-electron chi connectivity index (χ1n) is 18.8. The van der Waals surface area contributed by atoms with Crippen molar-refractivity contribution in [2.24, 2.45) is 16.7 Å². The van der Waals surface area contributed by atoms with Crippen LogP contribution in [-0.2, 0) is 23.8 Å². The molecule has 6 N–H and O–H groups in total. The zero-order chi connectivity index (χ0) is 41.2. The summed E-state index contributed by atoms with van der Waals surface area (Å²) in [5.41, 5.74) is -6.90. The number of ketones is 1. The standard InChI is InChI=1S/C43H46BrNO12.2Ac/c1-22-27(56-39(52)33(48)31(23-15-17-26(44)18-16-23)45-37(50)24-11-7-5-8-12-24)20-43(54)36(57-38(51)25-13-9-6-10-14-25)34-41(4,28(46)19-29-42(34,53)21-55-29)35(49)32(47)30(22)40(43,2)3;;/h5-18,27-29,31-34,36,46-48,53-54H,19-21H2,1-4H3,(H,45,50);;/t27?,28?,29?,31-,32?,33?,34?,36?,41+,42-,43?;;/m0../s1. The van der Waals surface area contributed by atoms with Crippen molar-refractivity contribution in [3.05, 3.63) is 117 Å². The maximum atomic E-state index is 14.7. The van der Waals surface area contributed by atoms with E-state index in [1.807, 2.05) is 0 Å². The number of hydrogen-bond acceptors (Lipinski definition) is 12. The summed E-state index contributed by atoms with van der Waals surface area (Å²) in [5.74, 6) is -5.10. The number of ether oxygens (including phenoxy) is 3. The minimum atomic E-state index is -2.31. The Bertz CT molecular complexity index is 2110. The first-order valence-corrected chi connectivity index (χ1v) is 19.6. The van der Waals surface area contributed by atoms with Crippen LogP contribution in [0.15, 0.2) is 101 Å². The van der Waals surface area contributed by atoms with E-state index in [1.54, 1.807) is 86.6 Å². The van der Waals surface area contributed by atoms with Crippen LogP contribution in [0.3, 0.4) is 0 Å². The molecule has 4 aliphatic rings. The summed E-state index contributed by atoms with van der Waals surface area (Å²) < 4.78 is 18.6. The van der Waals surface area contributed by atoms with E-state index in [4.69, 9.17) is 14.2 Å². The van der Waals surface area contributed by atoms with Crippen LogP contribution in [0.1, 0.15) is 72.9 Å². The number of fused-ring (bicyclic) bond motifs is 5. The first-order chi connectivity index (χ1) is 26.9. The molecule has 1 saturated heterocycles. The predicted octanol–water partition coefficient (Wildman–Crippen LogP) is 3.36. The molecule has 2 radical (unpaired) electrons. The zero-order valence-electron chi connectivity index (χ0n) is 32.9. The number of benzene rings is 3. The third-order valence-electron chi connectivity index (χ3n) is 13.0. The van der Waals surface area contributed by atoms with Crippen molar-refractivity contribution >= 4 is 39.6 Å². The molecule has 0 spiro atoms. The second-order valence-corrected chi connectivity index (χ2v) is 17.3. The molecule has 1 aliphatic heterocycles. The molecule has 11 atom stereocenters. The van der Waals surface area contributed by atoms with Gasteiger partial charge < -0.3 is 45.1 Å². The van der Waals surface area contributed by atoms with Gasteiger partial charge in [-0.05, 0) is 67.0 Å². The molecule has 3 aromatic carbocycles. The minimum Gasteiger partial charge on any atom is -0.456 e. The number of hydrogen-bond donors (Lipinski definition) is 6. The van der Waals surface area contributed by atoms with Gasteiger partial charge in [0.2, 0.25) is 0 Å². The van der Waals surface area contributed by atoms with E-state index in [0.717, 1.165) is 0 Å². The summed E-state index contributed by atoms with van der Waals surface area (Å²) in [6, 6.07) is 21.4. The van der Waals surface area contributed by atoms with E-state index in [9.17, 15) is 44.7 Å². The molecule has 3 aliphatic carbocycles. The normalized spacial score (nSPS) is 32.7. The van der Waals surface area contributed by atoms with Crippen molar-refractivity contribution in [3.8, 4) is 0 Å². The van der Waals surface area contributed by atoms with Gasteiger partial charge in [-0.25, -0.2) is 9.59 Å². The van der Waals surface area contributed by atoms with Gasteiger partial charge in [0, 0.05) is 122 Å². The summed E-state index contributed by atoms with van der Waals surface area (Å²) in [7, 11) is 0. The van der Waals surface area contributed by atoms with E-state index >= 15 is 0 Å². The van der Waals surface area contributed by atoms with Crippen molar-refractivity contribution < 1.29 is 147 Å². The number of esters is 2. The SMILES string of the molecule is CC1=C2C(O)C(=O)[C@]3(C)C(O)CC4OC[C@@]4(O)C3C(OC(=O)c3ccccc3)C(O)(CC1OC(=O)C(O)[C@@H](NC(=O)c1ccccc1)c1ccc(Br)cc1)C2(C)C.[Ac].[Ac]. The number of aliphatic hydroxyl groups excluding tert-OH is 3. The number of carbonyl (C=O) groups is 4. The largest absolute Gasteiger partial charge is 0.456 e. The number of amides is 1. The molecule has 308 valence electrons. The zero-order valence-corrected chi connectivity index (χ0v) is 44.0. The molecule has 7 rings (SSSR count). The molecule has 1 amide bonds. The van der Waals surface area contributed by atoms with Crippen molar-refractivity contribution in [2.75, 3.05) is 6.61 Å². The molecule has 1 heterocycles. The number of rotatable bonds is 8. The van der Waals surface area contributed by atoms with Crippen LogP contribution in [0.25, 0.3) is 0 Å². The Labute approximate surface area is 421 Å². The Balaban J connectivity index is 0.00000331. The third kappa shape index (κ3) is 8.30. The van der Waals surface area contributed by atoms with E-state index in [-0.39, 0.29) is 123 Å². The summed E-state index contributed by atoms with van der Waals surface area (Å²) >= 11 is 3.37. The topological polar surface area (TPSA) is 209 Å². The van der Waals surface area contributed by atoms with Crippen molar-refractivity contribution in [1.82, 2.24) is 5.32 Å². The summed E-state index contributed by atoms with van der Waals surface area (Å²) in [6.07, 6.45) is -10.3. The summed E-state index contributed by atoms with van der Waals surface area (Å²) in [6.45, 7) is 5.71. The molecule has 3 fully saturated rings. The van der Waals surface area contributed by atoms with E-state index < -0.39 is 101 Å². The van der Waals surface area contributed by atoms with Crippen LogP contribution < -0.4 is 5.32 Å². The Morgan fingerprint density at radius 3 is 2.02 bits per heavy atom. The van der Waals surface area contributed by atoms with Crippen molar-refractivity contribution in [1.29, 1.82) is 0 Å². The van der Waals surface area contributed by atoms with E-state index in [2.05, 4.69) is 21.2 Å². The number of Topliss-reactive ketones (excluding diaryl/α,β-unsaturated/α-hetero) is 1. The van der Waals surface area contributed by atoms with Crippen LogP contribution in [0, 0.1) is 105 Å². The second-order valence-electron chi connectivity index (χ2n) is 16.4. The van der Waals surface area contributed by atoms with Gasteiger partial charge in [-0.3, -0.25) is 9.59 Å². The average molecular weight is 1300 g/mol. The van der Waals surface area contributed by atoms with Gasteiger partial charge in [-0.1, -0.05) is 78.3 Å². The molecule has 59 heavy (non-hydrogen) atoms. The first kappa shape index (κ1) is 48.6. The van der Waals surface area contributed by atoms with Crippen LogP contribution in [-0.4, -0.2) is 104 Å². The third-order valence-corrected chi connectivity index (χ3v) is 13.5. The Hall–Kier alpha value is -1.40. The number of nitrogens with one attached hydrogen (secondary N) is 1. The molecule has 13 nitrogen and oxygen atoms in total. The smallest absolute Gasteiger partial charge is 0.338 e. The van der Waals surface area contributed by atoms with Crippen LogP contribution in [0.5, 0.6) is 0 Å². The molecule has 2 saturated carbocycles. The van der Waals surface area contributed by atoms with Crippen LogP contribution >= 0.6 is 15.9 Å². The maximum absolute atomic E-state index is 14.7. The molecule has 8 unspecified atom stereocenters. The molecular formula is C43H46Ac2BrNO12. The fourth-order valence-electron chi connectivity index (χ4n) is 9.55. The average Bonchev–Trinajstić information content (AvgIpc) is 3.19. The van der Waals surface area contributed by atoms with Crippen molar-refractivity contribution in [2.45, 2.75) is 94.4 Å². The Morgan fingerprint density at radius 1 is 0.881 bits per heavy atom. The minimum absolute atomic E-state index is 0. The van der Waals surface area contributed by atoms with Crippen LogP contribution in [0.4, 0.5) is 0 Å². The van der Waals surface area contributed by atoms with E-state index in [0.29, 0.717) is 10.0 Å². The van der Waals surface area contributed by atoms with Gasteiger partial charge in [0.05, 0.1) is 35.8 Å². The van der Waals surface area contributed by atoms with Crippen LogP contribution in [0.2, 0.25) is 0 Å². The van der Waals surface area contributed by atoms with Gasteiger partial charge in [-0.2, -0.15) is 0 Å². The molecule has 0 aromatic heterocycles. The summed E-state index contributed by atoms with van der Waals surface area (Å²) in [4.78, 5) is 56.2. The quantitative estimate of drug-likeness (QED) is 0.142. The maximum Gasteiger partial charge on any atom is 0.338 e. The second kappa shape index (κ2) is 18.4. The van der Waals surface area contributed by atoms with Gasteiger partial charge in [0.25, 0.3) is 5.91 Å². The van der Waals surface area contributed by atoms with Crippen molar-refractivity contribution in [3.63, 3.8) is 0 Å². The van der Waals surface area contributed by atoms with Gasteiger partial charge in [0.1, 0.15) is 29.5 Å². The summed E-state index contributed by atoms with van der Waals surface area (Å²) in [5, 5.41) is 63.7. The van der Waals surface area contributed by atoms with Gasteiger partial charge in [0.15, 0.2) is 11.9 Å². The predicted molar refractivity (Wildman–Crippen MR) is 206 cm³/mol. The number of carbonyl (C=O) groups excluding carboxylic acids is 4. The molecule has 16 heteroatoms. The number of aliphatic hydroxyl groups is 5. The molecule has 2 bridgehead atoms. The van der Waals surface area contributed by atoms with Gasteiger partial charge >= 0.3 is 11.9 Å². The molecular weight excluding hydrogens is 1260 g/mol. The monoisotopic (exact) mass is 1300 g/mol. The Morgan fingerprint density at radius 2 is 1.46 bits per heavy atom. The fourth-order valence-corrected chi connectivity index (χ4v) is 9.82. The fraction of sp³-hybridized carbons (Fsp3) is 0.442. The van der Waals surface area contributed by atoms with E-state index in [1.165, 1.54) is 26.0 Å². The number of halogens is 1.